The van der Waals surface area contributed by atoms with Gasteiger partial charge in [0.1, 0.15) is 5.82 Å². The predicted molar refractivity (Wildman–Crippen MR) is 144 cm³/mol. The molecule has 1 atom stereocenters. The summed E-state index contributed by atoms with van der Waals surface area (Å²) >= 11 is 0. The molecule has 0 spiro atoms. The van der Waals surface area contributed by atoms with Crippen LogP contribution in [0.25, 0.3) is 22.8 Å². The van der Waals surface area contributed by atoms with Crippen LogP contribution in [0.2, 0.25) is 0 Å². The van der Waals surface area contributed by atoms with Crippen LogP contribution in [0.4, 0.5) is 10.1 Å². The summed E-state index contributed by atoms with van der Waals surface area (Å²) in [6, 6.07) is 13.0. The fraction of sp³-hybridized carbons (Fsp3) is 0.179. The Morgan fingerprint density at radius 1 is 1.18 bits per heavy atom. The van der Waals surface area contributed by atoms with Gasteiger partial charge >= 0.3 is 5.69 Å². The van der Waals surface area contributed by atoms with Crippen molar-refractivity contribution in [1.29, 1.82) is 0 Å². The van der Waals surface area contributed by atoms with Gasteiger partial charge in [0.05, 0.1) is 35.7 Å². The molecule has 0 fully saturated rings. The number of nitrogens with zero attached hydrogens (tertiary/aromatic N) is 2. The van der Waals surface area contributed by atoms with Gasteiger partial charge in [0.2, 0.25) is 5.88 Å². The molecule has 4 aromatic rings. The molecule has 11 heteroatoms. The fourth-order valence-corrected chi connectivity index (χ4v) is 4.68. The summed E-state index contributed by atoms with van der Waals surface area (Å²) in [6.07, 6.45) is 1.65. The Balaban J connectivity index is 1.41. The van der Waals surface area contributed by atoms with Crippen molar-refractivity contribution in [3.63, 3.8) is 0 Å². The van der Waals surface area contributed by atoms with Crippen molar-refractivity contribution in [2.24, 2.45) is 7.05 Å². The first-order valence-electron chi connectivity index (χ1n) is 12.2. The van der Waals surface area contributed by atoms with E-state index in [0.717, 1.165) is 4.57 Å². The summed E-state index contributed by atoms with van der Waals surface area (Å²) in [5.74, 6) is -1.57. The number of aliphatic hydroxyl groups excluding tert-OH is 1. The van der Waals surface area contributed by atoms with Crippen LogP contribution < -0.4 is 16.3 Å². The molecule has 0 saturated heterocycles. The maximum absolute atomic E-state index is 14.0. The summed E-state index contributed by atoms with van der Waals surface area (Å²) in [5.41, 5.74) is 3.53. The standard InChI is InChI=1S/C28H26FN5O5/c1-15-9-20(26(37)30-12-18(35)13-34-24(36)14-33(2)28(34)39)23(31-15)11-21-25-19(16-5-3-6-17(29)10-16)7-4-8-22(25)32-27(21)38/h3-11,14,18,31,35-36H,12-13H2,1-2H3,(H,30,37)(H,32,38)/t18-/m0/s1. The van der Waals surface area contributed by atoms with Crippen LogP contribution in [-0.2, 0) is 18.4 Å². The predicted octanol–water partition coefficient (Wildman–Crippen LogP) is 2.62. The monoisotopic (exact) mass is 531 g/mol. The van der Waals surface area contributed by atoms with Crippen LogP contribution in [0.5, 0.6) is 5.88 Å². The quantitative estimate of drug-likeness (QED) is 0.233. The highest BCUT2D eigenvalue weighted by molar-refractivity contribution is 6.36. The van der Waals surface area contributed by atoms with Gasteiger partial charge in [-0.2, -0.15) is 0 Å². The van der Waals surface area contributed by atoms with Crippen molar-refractivity contribution in [1.82, 2.24) is 19.4 Å². The van der Waals surface area contributed by atoms with Crippen molar-refractivity contribution in [3.8, 4) is 17.0 Å². The third-order valence-electron chi connectivity index (χ3n) is 6.49. The summed E-state index contributed by atoms with van der Waals surface area (Å²) in [6.45, 7) is 1.36. The van der Waals surface area contributed by atoms with Crippen molar-refractivity contribution in [2.75, 3.05) is 11.9 Å². The Labute approximate surface area is 222 Å². The van der Waals surface area contributed by atoms with E-state index in [-0.39, 0.29) is 30.4 Å². The van der Waals surface area contributed by atoms with E-state index in [0.29, 0.717) is 39.3 Å². The number of anilines is 1. The first kappa shape index (κ1) is 25.7. The lowest BCUT2D eigenvalue weighted by Crippen LogP contribution is -2.36. The molecule has 200 valence electrons. The molecule has 0 radical (unpaired) electrons. The molecule has 1 aliphatic heterocycles. The highest BCUT2D eigenvalue weighted by Gasteiger charge is 2.28. The molecule has 39 heavy (non-hydrogen) atoms. The lowest BCUT2D eigenvalue weighted by Gasteiger charge is -2.13. The molecular formula is C28H26FN5O5. The van der Waals surface area contributed by atoms with E-state index in [1.165, 1.54) is 29.9 Å². The molecule has 2 aromatic heterocycles. The molecule has 5 rings (SSSR count). The van der Waals surface area contributed by atoms with E-state index in [2.05, 4.69) is 15.6 Å². The number of aryl methyl sites for hydroxylation is 2. The number of aromatic hydroxyl groups is 1. The maximum atomic E-state index is 14.0. The van der Waals surface area contributed by atoms with Crippen molar-refractivity contribution in [3.05, 3.63) is 93.5 Å². The summed E-state index contributed by atoms with van der Waals surface area (Å²) < 4.78 is 16.1. The first-order chi connectivity index (χ1) is 18.6. The third-order valence-corrected chi connectivity index (χ3v) is 6.49. The van der Waals surface area contributed by atoms with Crippen molar-refractivity contribution in [2.45, 2.75) is 19.6 Å². The number of amides is 2. The number of aliphatic hydroxyl groups is 1. The van der Waals surface area contributed by atoms with E-state index in [4.69, 9.17) is 0 Å². The number of benzene rings is 2. The maximum Gasteiger partial charge on any atom is 0.330 e. The zero-order chi connectivity index (χ0) is 27.8. The van der Waals surface area contributed by atoms with Crippen LogP contribution in [0.3, 0.4) is 0 Å². The second kappa shape index (κ2) is 10.1. The topological polar surface area (TPSA) is 141 Å². The molecule has 0 saturated carbocycles. The second-order valence-electron chi connectivity index (χ2n) is 9.39. The Hall–Kier alpha value is -4.90. The van der Waals surface area contributed by atoms with Gasteiger partial charge in [-0.25, -0.2) is 9.18 Å². The minimum absolute atomic E-state index is 0.188. The second-order valence-corrected chi connectivity index (χ2v) is 9.39. The first-order valence-corrected chi connectivity index (χ1v) is 12.2. The SMILES string of the molecule is Cc1cc(C(=O)NC[C@H](O)Cn2c(O)cn(C)c2=O)c(C=C2C(=O)Nc3cccc(-c4cccc(F)c4)c32)[nH]1. The van der Waals surface area contributed by atoms with Gasteiger partial charge in [0.25, 0.3) is 11.8 Å². The van der Waals surface area contributed by atoms with Gasteiger partial charge in [-0.3, -0.25) is 18.7 Å². The van der Waals surface area contributed by atoms with Crippen molar-refractivity contribution < 1.29 is 24.2 Å². The Kier molecular flexibility index (Phi) is 6.67. The van der Waals surface area contributed by atoms with E-state index < -0.39 is 23.5 Å². The minimum atomic E-state index is -1.15. The molecule has 5 N–H and O–H groups in total. The number of aromatic amines is 1. The van der Waals surface area contributed by atoms with Crippen LogP contribution >= 0.6 is 0 Å². The van der Waals surface area contributed by atoms with Gasteiger partial charge < -0.3 is 25.8 Å². The molecule has 0 aliphatic carbocycles. The molecule has 0 bridgehead atoms. The number of hydrogen-bond acceptors (Lipinski definition) is 5. The smallest absolute Gasteiger partial charge is 0.330 e. The van der Waals surface area contributed by atoms with Gasteiger partial charge in [0.15, 0.2) is 0 Å². The molecular weight excluding hydrogens is 505 g/mol. The van der Waals surface area contributed by atoms with Crippen LogP contribution in [0.15, 0.2) is 59.5 Å². The van der Waals surface area contributed by atoms with Crippen LogP contribution in [0, 0.1) is 12.7 Å². The number of nitrogens with one attached hydrogen (secondary N) is 3. The van der Waals surface area contributed by atoms with Gasteiger partial charge in [0, 0.05) is 30.5 Å². The zero-order valence-electron chi connectivity index (χ0n) is 21.2. The Bertz CT molecular complexity index is 1700. The zero-order valence-corrected chi connectivity index (χ0v) is 21.2. The third kappa shape index (κ3) is 4.99. The highest BCUT2D eigenvalue weighted by Crippen LogP contribution is 2.40. The Morgan fingerprint density at radius 2 is 1.95 bits per heavy atom. The number of hydrogen-bond donors (Lipinski definition) is 5. The van der Waals surface area contributed by atoms with E-state index in [1.807, 2.05) is 0 Å². The lowest BCUT2D eigenvalue weighted by molar-refractivity contribution is -0.110. The van der Waals surface area contributed by atoms with Gasteiger partial charge in [-0.05, 0) is 48.4 Å². The van der Waals surface area contributed by atoms with Gasteiger partial charge in [-0.1, -0.05) is 24.3 Å². The average molecular weight is 532 g/mol. The average Bonchev–Trinajstić information content (AvgIpc) is 3.51. The number of H-pyrrole nitrogens is 1. The summed E-state index contributed by atoms with van der Waals surface area (Å²) in [4.78, 5) is 41.2. The number of rotatable bonds is 7. The number of fused-ring (bicyclic) bond motifs is 1. The van der Waals surface area contributed by atoms with Crippen LogP contribution in [-0.4, -0.2) is 48.8 Å². The van der Waals surface area contributed by atoms with Gasteiger partial charge in [-0.15, -0.1) is 0 Å². The number of carbonyl (C=O) groups excluding carboxylic acids is 2. The molecule has 1 aliphatic rings. The Morgan fingerprint density at radius 3 is 2.67 bits per heavy atom. The van der Waals surface area contributed by atoms with E-state index in [9.17, 15) is 29.0 Å². The van der Waals surface area contributed by atoms with Crippen molar-refractivity contribution >= 4 is 29.2 Å². The molecule has 2 aromatic carbocycles. The van der Waals surface area contributed by atoms with Crippen LogP contribution in [0.1, 0.15) is 27.3 Å². The summed E-state index contributed by atoms with van der Waals surface area (Å²) in [5, 5.41) is 25.7. The molecule has 10 nitrogen and oxygen atoms in total. The lowest BCUT2D eigenvalue weighted by atomic mass is 9.94. The molecule has 3 heterocycles. The largest absolute Gasteiger partial charge is 0.493 e. The number of carbonyl (C=O) groups is 2. The van der Waals surface area contributed by atoms with E-state index in [1.54, 1.807) is 49.4 Å². The number of aromatic nitrogens is 3. The summed E-state index contributed by atoms with van der Waals surface area (Å²) in [7, 11) is 1.47. The number of imidazole rings is 1. The fourth-order valence-electron chi connectivity index (χ4n) is 4.68. The normalized spacial score (nSPS) is 14.4. The molecule has 0 unspecified atom stereocenters. The minimum Gasteiger partial charge on any atom is -0.493 e. The molecule has 2 amide bonds. The van der Waals surface area contributed by atoms with E-state index >= 15 is 0 Å². The highest BCUT2D eigenvalue weighted by atomic mass is 19.1. The number of halogens is 1.